The number of amides is 1. The van der Waals surface area contributed by atoms with Crippen LogP contribution in [0, 0.1) is 6.92 Å². The first-order valence-electron chi connectivity index (χ1n) is 6.76. The molecule has 0 aliphatic rings. The van der Waals surface area contributed by atoms with Gasteiger partial charge in [0.25, 0.3) is 0 Å². The lowest BCUT2D eigenvalue weighted by molar-refractivity contribution is -0.120. The Morgan fingerprint density at radius 1 is 1.30 bits per heavy atom. The van der Waals surface area contributed by atoms with E-state index in [4.69, 9.17) is 9.84 Å². The molecule has 5 heteroatoms. The summed E-state index contributed by atoms with van der Waals surface area (Å²) in [6, 6.07) is 4.63. The van der Waals surface area contributed by atoms with Gasteiger partial charge in [0.15, 0.2) is 0 Å². The average molecular weight is 279 g/mol. The topological polar surface area (TPSA) is 75.6 Å². The molecule has 0 spiro atoms. The van der Waals surface area contributed by atoms with E-state index in [1.165, 1.54) is 12.1 Å². The van der Waals surface area contributed by atoms with Crippen molar-refractivity contribution >= 4 is 17.6 Å². The van der Waals surface area contributed by atoms with Crippen LogP contribution in [0.4, 0.5) is 5.69 Å². The number of aromatic carboxylic acids is 1. The molecule has 5 nitrogen and oxygen atoms in total. The maximum atomic E-state index is 11.7. The summed E-state index contributed by atoms with van der Waals surface area (Å²) in [6.45, 7) is 4.46. The predicted octanol–water partition coefficient (Wildman–Crippen LogP) is 2.84. The second-order valence-corrected chi connectivity index (χ2v) is 4.64. The third-order valence-corrected chi connectivity index (χ3v) is 2.88. The maximum Gasteiger partial charge on any atom is 0.335 e. The van der Waals surface area contributed by atoms with E-state index in [0.717, 1.165) is 24.8 Å². The maximum absolute atomic E-state index is 11.7. The van der Waals surface area contributed by atoms with Gasteiger partial charge in [-0.1, -0.05) is 25.8 Å². The Bertz CT molecular complexity index is 471. The molecule has 20 heavy (non-hydrogen) atoms. The molecule has 0 unspecified atom stereocenters. The van der Waals surface area contributed by atoms with Gasteiger partial charge < -0.3 is 15.2 Å². The summed E-state index contributed by atoms with van der Waals surface area (Å²) < 4.78 is 5.26. The number of aryl methyl sites for hydroxylation is 1. The number of carboxylic acid groups (broad SMARTS) is 1. The smallest absolute Gasteiger partial charge is 0.335 e. The highest BCUT2D eigenvalue weighted by atomic mass is 16.5. The number of nitrogens with one attached hydrogen (secondary N) is 1. The number of anilines is 1. The summed E-state index contributed by atoms with van der Waals surface area (Å²) >= 11 is 0. The van der Waals surface area contributed by atoms with Gasteiger partial charge in [0.1, 0.15) is 6.61 Å². The molecule has 0 saturated carbocycles. The highest BCUT2D eigenvalue weighted by Crippen LogP contribution is 2.16. The van der Waals surface area contributed by atoms with Crippen LogP contribution in [0.15, 0.2) is 18.2 Å². The lowest BCUT2D eigenvalue weighted by Crippen LogP contribution is -2.19. The first-order valence-corrected chi connectivity index (χ1v) is 6.76. The van der Waals surface area contributed by atoms with Gasteiger partial charge in [0.2, 0.25) is 5.91 Å². The highest BCUT2D eigenvalue weighted by molar-refractivity contribution is 5.95. The summed E-state index contributed by atoms with van der Waals surface area (Å²) in [6.07, 6.45) is 3.13. The Kier molecular flexibility index (Phi) is 6.73. The van der Waals surface area contributed by atoms with Crippen molar-refractivity contribution in [2.24, 2.45) is 0 Å². The second kappa shape index (κ2) is 8.32. The van der Waals surface area contributed by atoms with E-state index in [1.54, 1.807) is 6.07 Å². The number of ether oxygens (including phenoxy) is 1. The zero-order valence-corrected chi connectivity index (χ0v) is 11.9. The van der Waals surface area contributed by atoms with Gasteiger partial charge >= 0.3 is 5.97 Å². The van der Waals surface area contributed by atoms with Crippen LogP contribution in [0.3, 0.4) is 0 Å². The number of benzene rings is 1. The molecular formula is C15H21NO4. The van der Waals surface area contributed by atoms with Gasteiger partial charge in [0, 0.05) is 12.3 Å². The fourth-order valence-electron chi connectivity index (χ4n) is 1.69. The molecule has 0 aromatic heterocycles. The van der Waals surface area contributed by atoms with Crippen LogP contribution in [-0.4, -0.2) is 30.2 Å². The van der Waals surface area contributed by atoms with E-state index < -0.39 is 5.97 Å². The molecule has 0 saturated heterocycles. The Morgan fingerprint density at radius 2 is 2.05 bits per heavy atom. The minimum atomic E-state index is -1.02. The molecule has 1 rings (SSSR count). The number of carboxylic acids is 1. The Hall–Kier alpha value is -1.88. The quantitative estimate of drug-likeness (QED) is 0.717. The van der Waals surface area contributed by atoms with Crippen molar-refractivity contribution in [1.82, 2.24) is 0 Å². The molecule has 0 bridgehead atoms. The third kappa shape index (κ3) is 5.40. The van der Waals surface area contributed by atoms with E-state index in [0.29, 0.717) is 12.3 Å². The molecule has 1 amide bonds. The molecular weight excluding hydrogens is 258 g/mol. The van der Waals surface area contributed by atoms with Gasteiger partial charge in [-0.2, -0.15) is 0 Å². The molecule has 1 aromatic carbocycles. The molecule has 0 heterocycles. The van der Waals surface area contributed by atoms with Gasteiger partial charge in [-0.25, -0.2) is 4.79 Å². The van der Waals surface area contributed by atoms with E-state index >= 15 is 0 Å². The van der Waals surface area contributed by atoms with Gasteiger partial charge in [0.05, 0.1) is 5.56 Å². The first-order chi connectivity index (χ1) is 9.54. The van der Waals surface area contributed by atoms with E-state index in [2.05, 4.69) is 12.2 Å². The Labute approximate surface area is 118 Å². The second-order valence-electron chi connectivity index (χ2n) is 4.64. The van der Waals surface area contributed by atoms with Crippen LogP contribution in [-0.2, 0) is 9.53 Å². The summed E-state index contributed by atoms with van der Waals surface area (Å²) in [7, 11) is 0. The molecule has 2 N–H and O–H groups in total. The van der Waals surface area contributed by atoms with Crippen LogP contribution < -0.4 is 5.32 Å². The first kappa shape index (κ1) is 16.2. The highest BCUT2D eigenvalue weighted by Gasteiger charge is 2.09. The summed E-state index contributed by atoms with van der Waals surface area (Å²) in [4.78, 5) is 22.6. The minimum absolute atomic E-state index is 0.0134. The van der Waals surface area contributed by atoms with Crippen molar-refractivity contribution in [3.8, 4) is 0 Å². The van der Waals surface area contributed by atoms with Crippen LogP contribution in [0.25, 0.3) is 0 Å². The standard InChI is InChI=1S/C15H21NO4/c1-3-4-5-8-20-10-14(17)16-13-9-12(15(18)19)7-6-11(13)2/h6-7,9H,3-5,8,10H2,1-2H3,(H,16,17)(H,18,19). The number of hydrogen-bond acceptors (Lipinski definition) is 3. The molecule has 0 radical (unpaired) electrons. The number of unbranched alkanes of at least 4 members (excludes halogenated alkanes) is 2. The lowest BCUT2D eigenvalue weighted by Gasteiger charge is -2.09. The van der Waals surface area contributed by atoms with Crippen LogP contribution in [0.5, 0.6) is 0 Å². The molecule has 0 fully saturated rings. The zero-order chi connectivity index (χ0) is 15.0. The fourth-order valence-corrected chi connectivity index (χ4v) is 1.69. The summed E-state index contributed by atoms with van der Waals surface area (Å²) in [5.41, 5.74) is 1.47. The van der Waals surface area contributed by atoms with Crippen molar-refractivity contribution < 1.29 is 19.4 Å². The van der Waals surface area contributed by atoms with Crippen molar-refractivity contribution in [1.29, 1.82) is 0 Å². The normalized spacial score (nSPS) is 10.3. The minimum Gasteiger partial charge on any atom is -0.478 e. The summed E-state index contributed by atoms with van der Waals surface area (Å²) in [5, 5.41) is 11.6. The van der Waals surface area contributed by atoms with E-state index in [9.17, 15) is 9.59 Å². The van der Waals surface area contributed by atoms with Crippen LogP contribution in [0.2, 0.25) is 0 Å². The van der Waals surface area contributed by atoms with Crippen molar-refractivity contribution in [3.63, 3.8) is 0 Å². The fraction of sp³-hybridized carbons (Fsp3) is 0.467. The average Bonchev–Trinajstić information content (AvgIpc) is 2.40. The number of carbonyl (C=O) groups excluding carboxylic acids is 1. The van der Waals surface area contributed by atoms with Crippen molar-refractivity contribution in [3.05, 3.63) is 29.3 Å². The SMILES string of the molecule is CCCCCOCC(=O)Nc1cc(C(=O)O)ccc1C. The zero-order valence-electron chi connectivity index (χ0n) is 11.9. The molecule has 1 aromatic rings. The van der Waals surface area contributed by atoms with Gasteiger partial charge in [-0.05, 0) is 31.0 Å². The number of hydrogen-bond donors (Lipinski definition) is 2. The van der Waals surface area contributed by atoms with Gasteiger partial charge in [-0.3, -0.25) is 4.79 Å². The Morgan fingerprint density at radius 3 is 2.70 bits per heavy atom. The summed E-state index contributed by atoms with van der Waals surface area (Å²) in [5.74, 6) is -1.29. The van der Waals surface area contributed by atoms with Crippen LogP contribution in [0.1, 0.15) is 42.1 Å². The van der Waals surface area contributed by atoms with Crippen molar-refractivity contribution in [2.45, 2.75) is 33.1 Å². The van der Waals surface area contributed by atoms with Gasteiger partial charge in [-0.15, -0.1) is 0 Å². The molecule has 0 aliphatic heterocycles. The largest absolute Gasteiger partial charge is 0.478 e. The lowest BCUT2D eigenvalue weighted by atomic mass is 10.1. The number of rotatable bonds is 8. The Balaban J connectivity index is 2.49. The molecule has 110 valence electrons. The third-order valence-electron chi connectivity index (χ3n) is 2.88. The molecule has 0 atom stereocenters. The van der Waals surface area contributed by atoms with Crippen LogP contribution >= 0.6 is 0 Å². The van der Waals surface area contributed by atoms with E-state index in [-0.39, 0.29) is 18.1 Å². The number of carbonyl (C=O) groups is 2. The predicted molar refractivity (Wildman–Crippen MR) is 77.1 cm³/mol. The van der Waals surface area contributed by atoms with E-state index in [1.807, 2.05) is 6.92 Å². The monoisotopic (exact) mass is 279 g/mol. The molecule has 0 aliphatic carbocycles. The van der Waals surface area contributed by atoms with Crippen molar-refractivity contribution in [2.75, 3.05) is 18.5 Å².